The number of H-pyrrole nitrogens is 2. The Balaban J connectivity index is 2.11. The maximum atomic E-state index is 13.6. The molecule has 0 amide bonds. The average Bonchev–Trinajstić information content (AvgIpc) is 2.79. The molecule has 21 heavy (non-hydrogen) atoms. The largest absolute Gasteiger partial charge is 0.323 e. The number of imidazole rings is 1. The van der Waals surface area contributed by atoms with E-state index in [1.807, 2.05) is 0 Å². The Kier molecular flexibility index (Phi) is 3.82. The molecule has 1 heterocycles. The summed E-state index contributed by atoms with van der Waals surface area (Å²) in [5, 5.41) is -0.527. The van der Waals surface area contributed by atoms with Crippen molar-refractivity contribution in [3.63, 3.8) is 0 Å². The first-order valence-corrected chi connectivity index (χ1v) is 7.57. The molecule has 7 heteroatoms. The molecular formula is C14H8BrCl2FN2O. The zero-order valence-corrected chi connectivity index (χ0v) is 13.5. The second-order valence-corrected chi connectivity index (χ2v) is 6.23. The number of benzene rings is 2. The molecule has 1 atom stereocenters. The van der Waals surface area contributed by atoms with Crippen LogP contribution in [0.5, 0.6) is 0 Å². The Bertz CT molecular complexity index is 890. The van der Waals surface area contributed by atoms with Crippen LogP contribution in [0.25, 0.3) is 11.0 Å². The minimum atomic E-state index is -0.575. The fourth-order valence-electron chi connectivity index (χ4n) is 2.12. The molecule has 108 valence electrons. The van der Waals surface area contributed by atoms with Crippen molar-refractivity contribution in [2.24, 2.45) is 0 Å². The van der Waals surface area contributed by atoms with Crippen LogP contribution in [0.1, 0.15) is 16.5 Å². The van der Waals surface area contributed by atoms with Crippen molar-refractivity contribution in [3.05, 3.63) is 67.3 Å². The highest BCUT2D eigenvalue weighted by molar-refractivity contribution is 9.10. The van der Waals surface area contributed by atoms with Gasteiger partial charge in [0, 0.05) is 4.47 Å². The summed E-state index contributed by atoms with van der Waals surface area (Å²) >= 11 is 15.5. The van der Waals surface area contributed by atoms with E-state index in [0.29, 0.717) is 16.6 Å². The van der Waals surface area contributed by atoms with E-state index in [2.05, 4.69) is 25.9 Å². The van der Waals surface area contributed by atoms with Gasteiger partial charge in [0.25, 0.3) is 0 Å². The Morgan fingerprint density at radius 3 is 2.48 bits per heavy atom. The molecule has 0 saturated heterocycles. The lowest BCUT2D eigenvalue weighted by molar-refractivity contribution is 0.626. The van der Waals surface area contributed by atoms with Gasteiger partial charge in [-0.2, -0.15) is 0 Å². The molecule has 0 aliphatic carbocycles. The highest BCUT2D eigenvalue weighted by Gasteiger charge is 2.17. The van der Waals surface area contributed by atoms with Crippen LogP contribution in [0.3, 0.4) is 0 Å². The van der Waals surface area contributed by atoms with Crippen LogP contribution in [-0.4, -0.2) is 9.97 Å². The standard InChI is InChI=1S/C14H8BrCl2FN2O/c15-8-5-12-11(19-14(21)20-12)4-7(8)13(17)6-1-2-9(16)10(18)3-6/h1-5,13H,(H2,19,20,21). The number of aromatic nitrogens is 2. The van der Waals surface area contributed by atoms with Gasteiger partial charge in [-0.25, -0.2) is 9.18 Å². The molecule has 1 aromatic heterocycles. The van der Waals surface area contributed by atoms with E-state index in [9.17, 15) is 9.18 Å². The maximum absolute atomic E-state index is 13.6. The average molecular weight is 390 g/mol. The van der Waals surface area contributed by atoms with Gasteiger partial charge in [-0.1, -0.05) is 33.6 Å². The topological polar surface area (TPSA) is 48.6 Å². The van der Waals surface area contributed by atoms with Crippen LogP contribution >= 0.6 is 39.1 Å². The molecule has 0 bridgehead atoms. The Morgan fingerprint density at radius 1 is 1.14 bits per heavy atom. The van der Waals surface area contributed by atoms with Crippen LogP contribution in [0.2, 0.25) is 5.02 Å². The summed E-state index contributed by atoms with van der Waals surface area (Å²) in [7, 11) is 0. The fraction of sp³-hybridized carbons (Fsp3) is 0.0714. The van der Waals surface area contributed by atoms with E-state index in [4.69, 9.17) is 23.2 Å². The summed E-state index contributed by atoms with van der Waals surface area (Å²) in [5.41, 5.74) is 2.32. The molecule has 0 radical (unpaired) electrons. The van der Waals surface area contributed by atoms with Gasteiger partial charge in [-0.15, -0.1) is 11.6 Å². The van der Waals surface area contributed by atoms with Crippen molar-refractivity contribution in [1.29, 1.82) is 0 Å². The molecule has 0 fully saturated rings. The van der Waals surface area contributed by atoms with Gasteiger partial charge in [0.1, 0.15) is 5.82 Å². The molecular weight excluding hydrogens is 382 g/mol. The lowest BCUT2D eigenvalue weighted by Gasteiger charge is -2.13. The molecule has 2 N–H and O–H groups in total. The van der Waals surface area contributed by atoms with Gasteiger partial charge in [0.15, 0.2) is 0 Å². The number of hydrogen-bond donors (Lipinski definition) is 2. The van der Waals surface area contributed by atoms with E-state index in [1.165, 1.54) is 12.1 Å². The normalized spacial score (nSPS) is 12.8. The number of rotatable bonds is 2. The van der Waals surface area contributed by atoms with Crippen molar-refractivity contribution in [1.82, 2.24) is 9.97 Å². The van der Waals surface area contributed by atoms with Crippen LogP contribution in [-0.2, 0) is 0 Å². The van der Waals surface area contributed by atoms with Gasteiger partial charge >= 0.3 is 5.69 Å². The first-order chi connectivity index (χ1) is 9.95. The number of nitrogens with one attached hydrogen (secondary N) is 2. The SMILES string of the molecule is O=c1[nH]c2cc(Br)c(C(Cl)c3ccc(Cl)c(F)c3)cc2[nH]1. The van der Waals surface area contributed by atoms with E-state index in [-0.39, 0.29) is 10.7 Å². The molecule has 1 unspecified atom stereocenters. The zero-order valence-electron chi connectivity index (χ0n) is 10.4. The summed E-state index contributed by atoms with van der Waals surface area (Å²) in [6.45, 7) is 0. The molecule has 3 rings (SSSR count). The van der Waals surface area contributed by atoms with Crippen molar-refractivity contribution < 1.29 is 4.39 Å². The quantitative estimate of drug-likeness (QED) is 0.611. The van der Waals surface area contributed by atoms with Crippen molar-refractivity contribution >= 4 is 50.2 Å². The molecule has 0 aliphatic heterocycles. The van der Waals surface area contributed by atoms with Crippen molar-refractivity contribution in [2.75, 3.05) is 0 Å². The minimum absolute atomic E-state index is 0.0482. The lowest BCUT2D eigenvalue weighted by Crippen LogP contribution is -1.99. The second kappa shape index (κ2) is 5.48. The van der Waals surface area contributed by atoms with Gasteiger partial charge in [0.2, 0.25) is 0 Å². The predicted octanol–water partition coefficient (Wildman–Crippen LogP) is 4.74. The summed E-state index contributed by atoms with van der Waals surface area (Å²) < 4.78 is 14.3. The fourth-order valence-corrected chi connectivity index (χ4v) is 3.25. The van der Waals surface area contributed by atoms with Gasteiger partial charge in [-0.05, 0) is 35.4 Å². The zero-order chi connectivity index (χ0) is 15.1. The summed E-state index contributed by atoms with van der Waals surface area (Å²) in [4.78, 5) is 16.6. The number of fused-ring (bicyclic) bond motifs is 1. The molecule has 3 nitrogen and oxygen atoms in total. The van der Waals surface area contributed by atoms with Crippen LogP contribution in [0.15, 0.2) is 39.6 Å². The van der Waals surface area contributed by atoms with Gasteiger partial charge < -0.3 is 9.97 Å². The monoisotopic (exact) mass is 388 g/mol. The third-order valence-electron chi connectivity index (χ3n) is 3.14. The number of aromatic amines is 2. The number of hydrogen-bond acceptors (Lipinski definition) is 1. The predicted molar refractivity (Wildman–Crippen MR) is 85.7 cm³/mol. The minimum Gasteiger partial charge on any atom is -0.306 e. The third kappa shape index (κ3) is 2.73. The van der Waals surface area contributed by atoms with Gasteiger partial charge in [0.05, 0.1) is 21.4 Å². The first kappa shape index (κ1) is 14.6. The highest BCUT2D eigenvalue weighted by atomic mass is 79.9. The van der Waals surface area contributed by atoms with Crippen molar-refractivity contribution in [3.8, 4) is 0 Å². The van der Waals surface area contributed by atoms with E-state index in [0.717, 1.165) is 10.0 Å². The number of halogens is 4. The van der Waals surface area contributed by atoms with Crippen molar-refractivity contribution in [2.45, 2.75) is 5.38 Å². The van der Waals surface area contributed by atoms with E-state index in [1.54, 1.807) is 18.2 Å². The molecule has 0 saturated carbocycles. The second-order valence-electron chi connectivity index (χ2n) is 4.53. The smallest absolute Gasteiger partial charge is 0.306 e. The van der Waals surface area contributed by atoms with Gasteiger partial charge in [-0.3, -0.25) is 0 Å². The van der Waals surface area contributed by atoms with Crippen LogP contribution in [0, 0.1) is 5.82 Å². The third-order valence-corrected chi connectivity index (χ3v) is 4.62. The highest BCUT2D eigenvalue weighted by Crippen LogP contribution is 2.36. The van der Waals surface area contributed by atoms with E-state index >= 15 is 0 Å². The number of alkyl halides is 1. The molecule has 3 aromatic rings. The Morgan fingerprint density at radius 2 is 1.81 bits per heavy atom. The van der Waals surface area contributed by atoms with Crippen LogP contribution < -0.4 is 5.69 Å². The summed E-state index contributed by atoms with van der Waals surface area (Å²) in [5.74, 6) is -0.521. The molecule has 0 spiro atoms. The Hall–Kier alpha value is -1.30. The first-order valence-electron chi connectivity index (χ1n) is 5.96. The van der Waals surface area contributed by atoms with Crippen LogP contribution in [0.4, 0.5) is 4.39 Å². The molecule has 2 aromatic carbocycles. The molecule has 0 aliphatic rings. The summed E-state index contributed by atoms with van der Waals surface area (Å²) in [6, 6.07) is 7.94. The van der Waals surface area contributed by atoms with E-state index < -0.39 is 11.2 Å². The maximum Gasteiger partial charge on any atom is 0.323 e. The summed E-state index contributed by atoms with van der Waals surface area (Å²) in [6.07, 6.45) is 0. The Labute approximate surface area is 137 Å². The lowest BCUT2D eigenvalue weighted by atomic mass is 10.0.